The van der Waals surface area contributed by atoms with Gasteiger partial charge < -0.3 is 5.11 Å². The first kappa shape index (κ1) is 41.3. The number of allylic oxidation sites excluding steroid dienone is 2. The number of fused-ring (bicyclic) bond motifs is 6. The van der Waals surface area contributed by atoms with Gasteiger partial charge in [-0.15, -0.1) is 46.3 Å². The molecule has 0 aliphatic carbocycles. The average molecular weight is 918 g/mol. The third kappa shape index (κ3) is 8.36. The Morgan fingerprint density at radius 3 is 2.14 bits per heavy atom. The van der Waals surface area contributed by atoms with Crippen molar-refractivity contribution in [1.82, 2.24) is 9.97 Å². The zero-order valence-corrected chi connectivity index (χ0v) is 36.9. The Kier molecular flexibility index (Phi) is 13.2. The summed E-state index contributed by atoms with van der Waals surface area (Å²) in [6.07, 6.45) is 7.60. The Morgan fingerprint density at radius 2 is 1.53 bits per heavy atom. The van der Waals surface area contributed by atoms with Crippen molar-refractivity contribution in [3.8, 4) is 11.3 Å². The molecule has 0 aliphatic heterocycles. The van der Waals surface area contributed by atoms with Crippen LogP contribution in [0.2, 0.25) is 0 Å². The normalized spacial score (nSPS) is 12.9. The number of carbonyl (C=O) groups is 1. The van der Waals surface area contributed by atoms with Gasteiger partial charge in [-0.1, -0.05) is 87.3 Å². The molecule has 2 aromatic carbocycles. The van der Waals surface area contributed by atoms with Gasteiger partial charge in [0.15, 0.2) is 5.78 Å². The van der Waals surface area contributed by atoms with Gasteiger partial charge in [0.05, 0.1) is 5.52 Å². The van der Waals surface area contributed by atoms with E-state index in [2.05, 4.69) is 76.4 Å². The van der Waals surface area contributed by atoms with E-state index in [-0.39, 0.29) is 47.9 Å². The largest absolute Gasteiger partial charge is 0.512 e. The summed E-state index contributed by atoms with van der Waals surface area (Å²) in [6, 6.07) is 15.1. The van der Waals surface area contributed by atoms with E-state index in [1.807, 2.05) is 52.9 Å². The van der Waals surface area contributed by atoms with Crippen LogP contribution in [0.25, 0.3) is 51.7 Å². The van der Waals surface area contributed by atoms with E-state index < -0.39 is 0 Å². The fourth-order valence-electron chi connectivity index (χ4n) is 6.30. The third-order valence-electron chi connectivity index (χ3n) is 10.7. The molecule has 0 aliphatic rings. The summed E-state index contributed by atoms with van der Waals surface area (Å²) < 4.78 is 5.10. The van der Waals surface area contributed by atoms with Gasteiger partial charge in [0, 0.05) is 72.5 Å². The number of carbonyl (C=O) groups excluding carboxylic acids is 1. The number of aromatic nitrogens is 2. The molecule has 4 heterocycles. The van der Waals surface area contributed by atoms with Crippen LogP contribution in [0, 0.1) is 22.8 Å². The van der Waals surface area contributed by atoms with E-state index in [4.69, 9.17) is 9.97 Å². The molecule has 6 aromatic rings. The van der Waals surface area contributed by atoms with Crippen molar-refractivity contribution < 1.29 is 30.0 Å². The molecular formula is C43H53IrN2O2S3-. The quantitative estimate of drug-likeness (QED) is 0.0845. The zero-order chi connectivity index (χ0) is 36.6. The molecule has 0 amide bonds. The summed E-state index contributed by atoms with van der Waals surface area (Å²) in [7, 11) is 0. The van der Waals surface area contributed by atoms with Gasteiger partial charge in [0.25, 0.3) is 0 Å². The van der Waals surface area contributed by atoms with E-state index in [0.29, 0.717) is 5.92 Å². The number of thiophene rings is 3. The Bertz CT molecular complexity index is 2170. The number of aliphatic hydroxyl groups is 1. The van der Waals surface area contributed by atoms with Gasteiger partial charge in [0.1, 0.15) is 12.1 Å². The molecule has 4 aromatic heterocycles. The average Bonchev–Trinajstić information content (AvgIpc) is 3.82. The number of hydrogen-bond donors (Lipinski definition) is 1. The van der Waals surface area contributed by atoms with Crippen LogP contribution < -0.4 is 0 Å². The van der Waals surface area contributed by atoms with Crippen LogP contribution in [0.3, 0.4) is 0 Å². The maximum atomic E-state index is 12.2. The summed E-state index contributed by atoms with van der Waals surface area (Å²) in [6.45, 7) is 23.5. The van der Waals surface area contributed by atoms with Gasteiger partial charge >= 0.3 is 0 Å². The topological polar surface area (TPSA) is 63.1 Å². The van der Waals surface area contributed by atoms with Crippen LogP contribution in [-0.2, 0) is 36.7 Å². The molecule has 0 bridgehead atoms. The van der Waals surface area contributed by atoms with Crippen molar-refractivity contribution in [2.45, 2.75) is 114 Å². The van der Waals surface area contributed by atoms with Crippen molar-refractivity contribution in [3.05, 3.63) is 70.4 Å². The molecule has 0 fully saturated rings. The van der Waals surface area contributed by atoms with Crippen molar-refractivity contribution in [2.75, 3.05) is 0 Å². The SMILES string of the molecule is CC(C)Cc1cc2c(ccc3sc4c(-c5[c-]c6ccsc6c(C(C)(C)C)c5)ncnc4c32)s1.CCC(C)(CC)C(=O)/C=C(\O)C(C)(CC)CC.[Ir]. The van der Waals surface area contributed by atoms with Crippen molar-refractivity contribution in [2.24, 2.45) is 16.7 Å². The molecule has 0 unspecified atom stereocenters. The minimum Gasteiger partial charge on any atom is -0.512 e. The molecule has 0 atom stereocenters. The maximum absolute atomic E-state index is 12.2. The van der Waals surface area contributed by atoms with Crippen molar-refractivity contribution in [1.29, 1.82) is 0 Å². The first-order valence-electron chi connectivity index (χ1n) is 18.1. The van der Waals surface area contributed by atoms with E-state index in [1.54, 1.807) is 29.0 Å². The predicted molar refractivity (Wildman–Crippen MR) is 220 cm³/mol. The van der Waals surface area contributed by atoms with Gasteiger partial charge in [-0.05, 0) is 71.7 Å². The third-order valence-corrected chi connectivity index (χ3v) is 13.9. The van der Waals surface area contributed by atoms with E-state index >= 15 is 0 Å². The molecule has 275 valence electrons. The van der Waals surface area contributed by atoms with Gasteiger partial charge in [-0.3, -0.25) is 9.78 Å². The Labute approximate surface area is 330 Å². The number of benzene rings is 2. The summed E-state index contributed by atoms with van der Waals surface area (Å²) in [5, 5.41) is 16.1. The molecule has 0 saturated carbocycles. The van der Waals surface area contributed by atoms with Gasteiger partial charge in [-0.25, -0.2) is 4.98 Å². The number of aliphatic hydroxyl groups excluding tert-OH is 1. The minimum atomic E-state index is -0.337. The second-order valence-electron chi connectivity index (χ2n) is 15.6. The van der Waals surface area contributed by atoms with Crippen molar-refractivity contribution >= 4 is 80.3 Å². The molecule has 8 heteroatoms. The molecular weight excluding hydrogens is 865 g/mol. The predicted octanol–water partition coefficient (Wildman–Crippen LogP) is 13.9. The molecule has 6 rings (SSSR count). The molecule has 1 radical (unpaired) electrons. The van der Waals surface area contributed by atoms with Crippen LogP contribution in [0.4, 0.5) is 0 Å². The Morgan fingerprint density at radius 1 is 0.882 bits per heavy atom. The minimum absolute atomic E-state index is 0. The Hall–Kier alpha value is -2.48. The maximum Gasteiger partial charge on any atom is 0.164 e. The summed E-state index contributed by atoms with van der Waals surface area (Å²) in [5.41, 5.74) is 3.92. The summed E-state index contributed by atoms with van der Waals surface area (Å²) >= 11 is 5.52. The van der Waals surface area contributed by atoms with Crippen LogP contribution in [0.15, 0.2) is 53.9 Å². The molecule has 0 spiro atoms. The number of ketones is 1. The van der Waals surface area contributed by atoms with E-state index in [9.17, 15) is 9.90 Å². The monoisotopic (exact) mass is 918 g/mol. The van der Waals surface area contributed by atoms with Gasteiger partial charge in [0.2, 0.25) is 0 Å². The van der Waals surface area contributed by atoms with E-state index in [0.717, 1.165) is 53.6 Å². The standard InChI is InChI=1S/C28H25N2S3.C15H28O2.Ir/c1-15(2)10-18-13-19-21(32-18)6-7-22-23(19)25-27(33-22)24(29-14-30-25)17-11-16-8-9-31-26(16)20(12-17)28(3,4)5;1-7-14(5,8-2)12(16)11-13(17)15(6,9-3)10-4;/h6-9,12-15H,10H2,1-5H3;11,16H,7-10H2,1-6H3;/q-1;;/b;12-11-;. The molecule has 1 N–H and O–H groups in total. The number of nitrogens with zero attached hydrogens (tertiary/aromatic N) is 2. The molecule has 51 heavy (non-hydrogen) atoms. The van der Waals surface area contributed by atoms with Gasteiger partial charge in [-0.2, -0.15) is 11.3 Å². The van der Waals surface area contributed by atoms with E-state index in [1.165, 1.54) is 46.8 Å². The Balaban J connectivity index is 0.000000279. The smallest absolute Gasteiger partial charge is 0.164 e. The first-order valence-corrected chi connectivity index (χ1v) is 20.6. The fourth-order valence-corrected chi connectivity index (χ4v) is 9.84. The first-order chi connectivity index (χ1) is 23.6. The van der Waals surface area contributed by atoms with Crippen molar-refractivity contribution in [3.63, 3.8) is 0 Å². The second-order valence-corrected chi connectivity index (χ2v) is 18.7. The number of hydrogen-bond acceptors (Lipinski definition) is 7. The van der Waals surface area contributed by atoms with Crippen LogP contribution in [0.1, 0.15) is 112 Å². The molecule has 0 saturated heterocycles. The van der Waals surface area contributed by atoms with Crippen LogP contribution in [-0.4, -0.2) is 20.9 Å². The second kappa shape index (κ2) is 16.3. The summed E-state index contributed by atoms with van der Waals surface area (Å²) in [5.74, 6) is 0.940. The number of rotatable bonds is 10. The zero-order valence-electron chi connectivity index (χ0n) is 32.0. The van der Waals surface area contributed by atoms with Crippen LogP contribution >= 0.6 is 34.0 Å². The summed E-state index contributed by atoms with van der Waals surface area (Å²) in [4.78, 5) is 23.2. The van der Waals surface area contributed by atoms with Crippen LogP contribution in [0.5, 0.6) is 0 Å². The molecule has 4 nitrogen and oxygen atoms in total. The fraction of sp³-hybridized carbons (Fsp3) is 0.465.